The number of aryl methyl sites for hydroxylation is 1. The number of benzene rings is 1. The van der Waals surface area contributed by atoms with Crippen LogP contribution in [-0.2, 0) is 6.61 Å². The molecule has 0 unspecified atom stereocenters. The van der Waals surface area contributed by atoms with Crippen LogP contribution in [0.3, 0.4) is 0 Å². The minimum atomic E-state index is 0.466. The average Bonchev–Trinajstić information content (AvgIpc) is 2.31. The van der Waals surface area contributed by atoms with Gasteiger partial charge in [0.2, 0.25) is 0 Å². The summed E-state index contributed by atoms with van der Waals surface area (Å²) in [4.78, 5) is 3.93. The number of ether oxygens (including phenoxy) is 1. The van der Waals surface area contributed by atoms with Crippen LogP contribution < -0.4 is 10.5 Å². The van der Waals surface area contributed by atoms with Gasteiger partial charge in [0.15, 0.2) is 0 Å². The van der Waals surface area contributed by atoms with Crippen molar-refractivity contribution in [1.82, 2.24) is 4.98 Å². The van der Waals surface area contributed by atoms with E-state index in [2.05, 4.69) is 4.98 Å². The second-order valence-corrected chi connectivity index (χ2v) is 4.20. The quantitative estimate of drug-likeness (QED) is 0.907. The second kappa shape index (κ2) is 5.06. The normalized spacial score (nSPS) is 10.2. The number of nitrogens with two attached hydrogens (primary N) is 1. The summed E-state index contributed by atoms with van der Waals surface area (Å²) < 4.78 is 5.64. The Morgan fingerprint density at radius 3 is 2.82 bits per heavy atom. The molecule has 88 valence electrons. The summed E-state index contributed by atoms with van der Waals surface area (Å²) in [6.07, 6.45) is 1.67. The largest absolute Gasteiger partial charge is 0.489 e. The minimum Gasteiger partial charge on any atom is -0.489 e. The first-order valence-electron chi connectivity index (χ1n) is 5.24. The Balaban J connectivity index is 2.05. The molecule has 0 radical (unpaired) electrons. The van der Waals surface area contributed by atoms with E-state index in [0.29, 0.717) is 12.4 Å². The number of hydrogen-bond donors (Lipinski definition) is 1. The lowest BCUT2D eigenvalue weighted by atomic mass is 10.2. The molecule has 2 rings (SSSR count). The SMILES string of the molecule is Cc1cc(OCc2ccnc(N)c2)ccc1Cl. The monoisotopic (exact) mass is 248 g/mol. The lowest BCUT2D eigenvalue weighted by molar-refractivity contribution is 0.306. The molecule has 1 heterocycles. The molecule has 2 aromatic rings. The predicted octanol–water partition coefficient (Wildman–Crippen LogP) is 3.20. The Bertz CT molecular complexity index is 529. The fourth-order valence-electron chi connectivity index (χ4n) is 1.46. The second-order valence-electron chi connectivity index (χ2n) is 3.79. The third-order valence-electron chi connectivity index (χ3n) is 2.38. The Morgan fingerprint density at radius 1 is 1.29 bits per heavy atom. The third kappa shape index (κ3) is 3.11. The molecule has 0 bridgehead atoms. The highest BCUT2D eigenvalue weighted by atomic mass is 35.5. The van der Waals surface area contributed by atoms with Gasteiger partial charge in [-0.25, -0.2) is 4.98 Å². The van der Waals surface area contributed by atoms with Gasteiger partial charge in [-0.3, -0.25) is 0 Å². The van der Waals surface area contributed by atoms with Crippen molar-refractivity contribution in [3.63, 3.8) is 0 Å². The summed E-state index contributed by atoms with van der Waals surface area (Å²) >= 11 is 5.94. The predicted molar refractivity (Wildman–Crippen MR) is 69.2 cm³/mol. The summed E-state index contributed by atoms with van der Waals surface area (Å²) in [5.41, 5.74) is 7.58. The van der Waals surface area contributed by atoms with Gasteiger partial charge < -0.3 is 10.5 Å². The molecule has 0 saturated heterocycles. The number of nitrogens with zero attached hydrogens (tertiary/aromatic N) is 1. The van der Waals surface area contributed by atoms with Crippen LogP contribution in [0, 0.1) is 6.92 Å². The Labute approximate surface area is 105 Å². The zero-order valence-electron chi connectivity index (χ0n) is 9.48. The molecule has 0 fully saturated rings. The van der Waals surface area contributed by atoms with Gasteiger partial charge in [0.05, 0.1) is 0 Å². The maximum atomic E-state index is 5.94. The number of halogens is 1. The van der Waals surface area contributed by atoms with Crippen LogP contribution in [0.15, 0.2) is 36.5 Å². The molecular weight excluding hydrogens is 236 g/mol. The Kier molecular flexibility index (Phi) is 3.49. The molecule has 0 atom stereocenters. The van der Waals surface area contributed by atoms with Gasteiger partial charge in [0.25, 0.3) is 0 Å². The summed E-state index contributed by atoms with van der Waals surface area (Å²) in [7, 11) is 0. The van der Waals surface area contributed by atoms with Crippen molar-refractivity contribution < 1.29 is 4.74 Å². The Morgan fingerprint density at radius 2 is 2.12 bits per heavy atom. The van der Waals surface area contributed by atoms with Crippen LogP contribution in [0.5, 0.6) is 5.75 Å². The van der Waals surface area contributed by atoms with Gasteiger partial charge in [-0.1, -0.05) is 11.6 Å². The van der Waals surface area contributed by atoms with Gasteiger partial charge in [0, 0.05) is 11.2 Å². The highest BCUT2D eigenvalue weighted by molar-refractivity contribution is 6.31. The van der Waals surface area contributed by atoms with Gasteiger partial charge in [0.1, 0.15) is 18.2 Å². The van der Waals surface area contributed by atoms with Crippen LogP contribution in [0.4, 0.5) is 5.82 Å². The number of aromatic nitrogens is 1. The lowest BCUT2D eigenvalue weighted by Crippen LogP contribution is -1.98. The van der Waals surface area contributed by atoms with Crippen LogP contribution in [0.1, 0.15) is 11.1 Å². The van der Waals surface area contributed by atoms with Crippen molar-refractivity contribution in [1.29, 1.82) is 0 Å². The highest BCUT2D eigenvalue weighted by Gasteiger charge is 2.00. The molecule has 0 aliphatic rings. The molecule has 0 spiro atoms. The van der Waals surface area contributed by atoms with Gasteiger partial charge in [-0.2, -0.15) is 0 Å². The smallest absolute Gasteiger partial charge is 0.123 e. The number of hydrogen-bond acceptors (Lipinski definition) is 3. The van der Waals surface area contributed by atoms with Crippen LogP contribution in [0.25, 0.3) is 0 Å². The van der Waals surface area contributed by atoms with Crippen LogP contribution >= 0.6 is 11.6 Å². The van der Waals surface area contributed by atoms with E-state index in [9.17, 15) is 0 Å². The summed E-state index contributed by atoms with van der Waals surface area (Å²) in [6.45, 7) is 2.41. The van der Waals surface area contributed by atoms with Crippen molar-refractivity contribution in [2.24, 2.45) is 0 Å². The molecule has 4 heteroatoms. The number of anilines is 1. The van der Waals surface area contributed by atoms with Gasteiger partial charge in [-0.05, 0) is 48.4 Å². The molecule has 3 nitrogen and oxygen atoms in total. The number of nitrogen functional groups attached to an aromatic ring is 1. The van der Waals surface area contributed by atoms with Crippen molar-refractivity contribution in [2.75, 3.05) is 5.73 Å². The maximum absolute atomic E-state index is 5.94. The Hall–Kier alpha value is -1.74. The molecule has 0 amide bonds. The van der Waals surface area contributed by atoms with E-state index in [0.717, 1.165) is 21.9 Å². The molecule has 0 aliphatic carbocycles. The third-order valence-corrected chi connectivity index (χ3v) is 2.80. The van der Waals surface area contributed by atoms with E-state index in [1.165, 1.54) is 0 Å². The van der Waals surface area contributed by atoms with E-state index in [1.54, 1.807) is 12.3 Å². The summed E-state index contributed by atoms with van der Waals surface area (Å²) in [6, 6.07) is 9.25. The fraction of sp³-hybridized carbons (Fsp3) is 0.154. The molecule has 17 heavy (non-hydrogen) atoms. The van der Waals surface area contributed by atoms with Gasteiger partial charge >= 0.3 is 0 Å². The lowest BCUT2D eigenvalue weighted by Gasteiger charge is -2.08. The zero-order chi connectivity index (χ0) is 12.3. The first-order valence-corrected chi connectivity index (χ1v) is 5.62. The standard InChI is InChI=1S/C13H13ClN2O/c1-9-6-11(2-3-12(9)14)17-8-10-4-5-16-13(15)7-10/h2-7H,8H2,1H3,(H2,15,16). The topological polar surface area (TPSA) is 48.1 Å². The maximum Gasteiger partial charge on any atom is 0.123 e. The van der Waals surface area contributed by atoms with Gasteiger partial charge in [-0.15, -0.1) is 0 Å². The summed E-state index contributed by atoms with van der Waals surface area (Å²) in [5, 5.41) is 0.741. The number of pyridine rings is 1. The fourth-order valence-corrected chi connectivity index (χ4v) is 1.58. The molecule has 1 aromatic carbocycles. The van der Waals surface area contributed by atoms with E-state index in [4.69, 9.17) is 22.1 Å². The van der Waals surface area contributed by atoms with Crippen molar-refractivity contribution in [3.05, 3.63) is 52.7 Å². The number of rotatable bonds is 3. The molecular formula is C13H13ClN2O. The first-order chi connectivity index (χ1) is 8.15. The van der Waals surface area contributed by atoms with E-state index >= 15 is 0 Å². The van der Waals surface area contributed by atoms with Crippen LogP contribution in [0.2, 0.25) is 5.02 Å². The van der Waals surface area contributed by atoms with Crippen molar-refractivity contribution in [3.8, 4) is 5.75 Å². The van der Waals surface area contributed by atoms with E-state index in [-0.39, 0.29) is 0 Å². The summed E-state index contributed by atoms with van der Waals surface area (Å²) in [5.74, 6) is 1.29. The molecule has 0 aliphatic heterocycles. The minimum absolute atomic E-state index is 0.466. The first kappa shape index (κ1) is 11.7. The van der Waals surface area contributed by atoms with E-state index in [1.807, 2.05) is 31.2 Å². The average molecular weight is 249 g/mol. The van der Waals surface area contributed by atoms with Crippen molar-refractivity contribution >= 4 is 17.4 Å². The zero-order valence-corrected chi connectivity index (χ0v) is 10.2. The van der Waals surface area contributed by atoms with Crippen LogP contribution in [-0.4, -0.2) is 4.98 Å². The van der Waals surface area contributed by atoms with E-state index < -0.39 is 0 Å². The molecule has 1 aromatic heterocycles. The van der Waals surface area contributed by atoms with Crippen molar-refractivity contribution in [2.45, 2.75) is 13.5 Å². The highest BCUT2D eigenvalue weighted by Crippen LogP contribution is 2.21. The molecule has 2 N–H and O–H groups in total. The molecule has 0 saturated carbocycles.